The molecule has 0 unspecified atom stereocenters. The molecule has 0 aliphatic carbocycles. The standard InChI is InChI=1S/C13H15N3O3/c14-11-7-8-15(9-11)13(17)6-5-10-3-1-2-4-12(10)16(18)19/h1-6,11H,7-9,14H2/b6-5+/t11-/m1/s1. The first-order chi connectivity index (χ1) is 9.08. The zero-order valence-electron chi connectivity index (χ0n) is 10.4. The Morgan fingerprint density at radius 1 is 1.47 bits per heavy atom. The molecule has 19 heavy (non-hydrogen) atoms. The lowest BCUT2D eigenvalue weighted by Gasteiger charge is -2.12. The number of likely N-dealkylation sites (tertiary alicyclic amines) is 1. The molecule has 1 aromatic carbocycles. The topological polar surface area (TPSA) is 89.5 Å². The maximum Gasteiger partial charge on any atom is 0.276 e. The van der Waals surface area contributed by atoms with E-state index in [2.05, 4.69) is 0 Å². The fourth-order valence-corrected chi connectivity index (χ4v) is 2.05. The van der Waals surface area contributed by atoms with E-state index < -0.39 is 4.92 Å². The largest absolute Gasteiger partial charge is 0.338 e. The van der Waals surface area contributed by atoms with Gasteiger partial charge in [0.15, 0.2) is 0 Å². The molecule has 1 atom stereocenters. The lowest BCUT2D eigenvalue weighted by atomic mass is 10.1. The van der Waals surface area contributed by atoms with Gasteiger partial charge in [-0.1, -0.05) is 12.1 Å². The molecule has 100 valence electrons. The van der Waals surface area contributed by atoms with Gasteiger partial charge in [0.1, 0.15) is 0 Å². The van der Waals surface area contributed by atoms with Gasteiger partial charge in [0.25, 0.3) is 5.69 Å². The minimum Gasteiger partial charge on any atom is -0.338 e. The molecule has 1 heterocycles. The third-order valence-corrected chi connectivity index (χ3v) is 3.08. The monoisotopic (exact) mass is 261 g/mol. The van der Waals surface area contributed by atoms with E-state index in [9.17, 15) is 14.9 Å². The highest BCUT2D eigenvalue weighted by atomic mass is 16.6. The van der Waals surface area contributed by atoms with E-state index >= 15 is 0 Å². The maximum absolute atomic E-state index is 11.9. The molecule has 2 rings (SSSR count). The summed E-state index contributed by atoms with van der Waals surface area (Å²) < 4.78 is 0. The number of benzene rings is 1. The first-order valence-corrected chi connectivity index (χ1v) is 6.04. The van der Waals surface area contributed by atoms with E-state index in [1.165, 1.54) is 18.2 Å². The third-order valence-electron chi connectivity index (χ3n) is 3.08. The van der Waals surface area contributed by atoms with Crippen molar-refractivity contribution in [2.24, 2.45) is 5.73 Å². The Balaban J connectivity index is 2.10. The van der Waals surface area contributed by atoms with Gasteiger partial charge < -0.3 is 10.6 Å². The maximum atomic E-state index is 11.9. The van der Waals surface area contributed by atoms with Crippen molar-refractivity contribution in [2.45, 2.75) is 12.5 Å². The molecule has 1 aromatic rings. The smallest absolute Gasteiger partial charge is 0.276 e. The number of hydrogen-bond acceptors (Lipinski definition) is 4. The second kappa shape index (κ2) is 5.62. The molecule has 0 spiro atoms. The number of nitrogens with two attached hydrogens (primary N) is 1. The van der Waals surface area contributed by atoms with Crippen LogP contribution in [0.4, 0.5) is 5.69 Å². The molecular weight excluding hydrogens is 246 g/mol. The molecule has 1 aliphatic rings. The predicted molar refractivity (Wildman–Crippen MR) is 71.3 cm³/mol. The fraction of sp³-hybridized carbons (Fsp3) is 0.308. The summed E-state index contributed by atoms with van der Waals surface area (Å²) in [4.78, 5) is 23.9. The first kappa shape index (κ1) is 13.2. The van der Waals surface area contributed by atoms with Gasteiger partial charge in [0.2, 0.25) is 5.91 Å². The molecule has 1 fully saturated rings. The highest BCUT2D eigenvalue weighted by Gasteiger charge is 2.22. The summed E-state index contributed by atoms with van der Waals surface area (Å²) in [5.41, 5.74) is 6.14. The Kier molecular flexibility index (Phi) is 3.91. The van der Waals surface area contributed by atoms with Crippen molar-refractivity contribution in [1.82, 2.24) is 4.90 Å². The van der Waals surface area contributed by atoms with Gasteiger partial charge in [0.05, 0.1) is 10.5 Å². The third kappa shape index (κ3) is 3.17. The number of hydrogen-bond donors (Lipinski definition) is 1. The van der Waals surface area contributed by atoms with Crippen LogP contribution < -0.4 is 5.73 Å². The Bertz CT molecular complexity index is 528. The minimum atomic E-state index is -0.462. The van der Waals surface area contributed by atoms with Crippen LogP contribution in [0.2, 0.25) is 0 Å². The molecule has 0 radical (unpaired) electrons. The Labute approximate surface area is 110 Å². The Morgan fingerprint density at radius 3 is 2.84 bits per heavy atom. The molecule has 1 aliphatic heterocycles. The van der Waals surface area contributed by atoms with Gasteiger partial charge in [-0.2, -0.15) is 0 Å². The van der Waals surface area contributed by atoms with Gasteiger partial charge in [-0.15, -0.1) is 0 Å². The molecule has 1 amide bonds. The fourth-order valence-electron chi connectivity index (χ4n) is 2.05. The number of nitrogens with zero attached hydrogens (tertiary/aromatic N) is 2. The minimum absolute atomic E-state index is 0.00956. The number of carbonyl (C=O) groups is 1. The molecule has 6 heteroatoms. The summed E-state index contributed by atoms with van der Waals surface area (Å²) in [5.74, 6) is -0.161. The van der Waals surface area contributed by atoms with Crippen LogP contribution in [0.15, 0.2) is 30.3 Å². The second-order valence-electron chi connectivity index (χ2n) is 4.48. The SMILES string of the molecule is N[C@@H]1CCN(C(=O)/C=C/c2ccccc2[N+](=O)[O-])C1. The summed E-state index contributed by atoms with van der Waals surface area (Å²) in [6.07, 6.45) is 3.63. The molecule has 0 saturated carbocycles. The second-order valence-corrected chi connectivity index (χ2v) is 4.48. The van der Waals surface area contributed by atoms with Gasteiger partial charge in [0, 0.05) is 31.3 Å². The lowest BCUT2D eigenvalue weighted by molar-refractivity contribution is -0.385. The zero-order chi connectivity index (χ0) is 13.8. The van der Waals surface area contributed by atoms with Gasteiger partial charge >= 0.3 is 0 Å². The van der Waals surface area contributed by atoms with Crippen LogP contribution in [0.3, 0.4) is 0 Å². The van der Waals surface area contributed by atoms with Gasteiger partial charge in [-0.05, 0) is 18.6 Å². The van der Waals surface area contributed by atoms with E-state index in [0.717, 1.165) is 6.42 Å². The summed E-state index contributed by atoms with van der Waals surface area (Å²) in [6, 6.07) is 6.34. The van der Waals surface area contributed by atoms with E-state index in [1.807, 2.05) is 0 Å². The number of carbonyl (C=O) groups excluding carboxylic acids is 1. The number of nitro benzene ring substituents is 1. The Morgan fingerprint density at radius 2 is 2.21 bits per heavy atom. The quantitative estimate of drug-likeness (QED) is 0.502. The summed E-state index contributed by atoms with van der Waals surface area (Å²) in [6.45, 7) is 1.18. The average Bonchev–Trinajstić information content (AvgIpc) is 2.83. The van der Waals surface area contributed by atoms with Crippen molar-refractivity contribution in [3.8, 4) is 0 Å². The molecule has 0 bridgehead atoms. The van der Waals surface area contributed by atoms with Crippen LogP contribution in [-0.4, -0.2) is 34.9 Å². The molecule has 6 nitrogen and oxygen atoms in total. The summed E-state index contributed by atoms with van der Waals surface area (Å²) in [7, 11) is 0. The average molecular weight is 261 g/mol. The van der Waals surface area contributed by atoms with Crippen LogP contribution in [0.5, 0.6) is 0 Å². The molecule has 2 N–H and O–H groups in total. The van der Waals surface area contributed by atoms with E-state index in [-0.39, 0.29) is 17.6 Å². The van der Waals surface area contributed by atoms with Crippen molar-refractivity contribution in [1.29, 1.82) is 0 Å². The summed E-state index contributed by atoms with van der Waals surface area (Å²) >= 11 is 0. The number of rotatable bonds is 3. The Hall–Kier alpha value is -2.21. The van der Waals surface area contributed by atoms with Crippen LogP contribution in [-0.2, 0) is 4.79 Å². The van der Waals surface area contributed by atoms with Crippen LogP contribution in [0.1, 0.15) is 12.0 Å². The zero-order valence-corrected chi connectivity index (χ0v) is 10.4. The molecular formula is C13H15N3O3. The van der Waals surface area contributed by atoms with E-state index in [0.29, 0.717) is 18.7 Å². The number of para-hydroxylation sites is 1. The molecule has 0 aromatic heterocycles. The van der Waals surface area contributed by atoms with Crippen molar-refractivity contribution < 1.29 is 9.72 Å². The molecule has 1 saturated heterocycles. The predicted octanol–water partition coefficient (Wildman–Crippen LogP) is 1.17. The highest BCUT2D eigenvalue weighted by molar-refractivity contribution is 5.92. The highest BCUT2D eigenvalue weighted by Crippen LogP contribution is 2.19. The van der Waals surface area contributed by atoms with Crippen LogP contribution in [0.25, 0.3) is 6.08 Å². The first-order valence-electron chi connectivity index (χ1n) is 6.04. The normalized spacial score (nSPS) is 19.0. The van der Waals surface area contributed by atoms with Crippen molar-refractivity contribution in [3.05, 3.63) is 46.0 Å². The van der Waals surface area contributed by atoms with E-state index in [1.54, 1.807) is 23.1 Å². The van der Waals surface area contributed by atoms with Crippen LogP contribution in [0, 0.1) is 10.1 Å². The van der Waals surface area contributed by atoms with E-state index in [4.69, 9.17) is 5.73 Å². The van der Waals surface area contributed by atoms with Gasteiger partial charge in [-0.3, -0.25) is 14.9 Å². The number of nitro groups is 1. The number of amides is 1. The van der Waals surface area contributed by atoms with Crippen molar-refractivity contribution in [2.75, 3.05) is 13.1 Å². The summed E-state index contributed by atoms with van der Waals surface area (Å²) in [5, 5.41) is 10.8. The van der Waals surface area contributed by atoms with Crippen molar-refractivity contribution >= 4 is 17.7 Å². The van der Waals surface area contributed by atoms with Crippen LogP contribution >= 0.6 is 0 Å². The van der Waals surface area contributed by atoms with Crippen molar-refractivity contribution in [3.63, 3.8) is 0 Å². The van der Waals surface area contributed by atoms with Gasteiger partial charge in [-0.25, -0.2) is 0 Å². The lowest BCUT2D eigenvalue weighted by Crippen LogP contribution is -2.30.